The number of para-hydroxylation sites is 1. The summed E-state index contributed by atoms with van der Waals surface area (Å²) in [6, 6.07) is 10.2. The van der Waals surface area contributed by atoms with E-state index < -0.39 is 11.7 Å². The maximum absolute atomic E-state index is 13.6. The molecular weight excluding hydrogens is 261 g/mol. The van der Waals surface area contributed by atoms with Crippen molar-refractivity contribution in [3.8, 4) is 17.6 Å². The second-order valence-electron chi connectivity index (χ2n) is 3.94. The van der Waals surface area contributed by atoms with E-state index in [1.165, 1.54) is 12.1 Å². The lowest BCUT2D eigenvalue weighted by atomic mass is 10.1. The summed E-state index contributed by atoms with van der Waals surface area (Å²) in [7, 11) is 0. The molecule has 6 heteroatoms. The van der Waals surface area contributed by atoms with Crippen LogP contribution >= 0.6 is 0 Å². The van der Waals surface area contributed by atoms with Crippen LogP contribution in [-0.4, -0.2) is 5.91 Å². The van der Waals surface area contributed by atoms with Crippen LogP contribution < -0.4 is 16.2 Å². The summed E-state index contributed by atoms with van der Waals surface area (Å²) >= 11 is 0. The minimum atomic E-state index is -0.861. The predicted molar refractivity (Wildman–Crippen MR) is 70.6 cm³/mol. The Hall–Kier alpha value is -3.07. The average Bonchev–Trinajstić information content (AvgIpc) is 2.41. The summed E-state index contributed by atoms with van der Waals surface area (Å²) in [6.45, 7) is 0. The van der Waals surface area contributed by atoms with E-state index in [4.69, 9.17) is 21.5 Å². The number of primary amides is 1. The Morgan fingerprint density at radius 1 is 1.30 bits per heavy atom. The topological polar surface area (TPSA) is 102 Å². The molecule has 0 bridgehead atoms. The fourth-order valence-corrected chi connectivity index (χ4v) is 1.62. The number of nitrogens with two attached hydrogens (primary N) is 2. The summed E-state index contributed by atoms with van der Waals surface area (Å²) in [5, 5.41) is 8.85. The maximum atomic E-state index is 13.6. The Balaban J connectivity index is 2.34. The Labute approximate surface area is 114 Å². The fourth-order valence-electron chi connectivity index (χ4n) is 1.62. The summed E-state index contributed by atoms with van der Waals surface area (Å²) in [5.41, 5.74) is 10.9. The number of benzene rings is 2. The zero-order valence-corrected chi connectivity index (χ0v) is 10.3. The normalized spacial score (nSPS) is 9.80. The van der Waals surface area contributed by atoms with Gasteiger partial charge < -0.3 is 16.2 Å². The molecule has 0 aliphatic carbocycles. The number of ether oxygens (including phenoxy) is 1. The number of carbonyl (C=O) groups is 1. The van der Waals surface area contributed by atoms with E-state index in [9.17, 15) is 9.18 Å². The number of nitrogen functional groups attached to an aromatic ring is 1. The first-order valence-corrected chi connectivity index (χ1v) is 5.58. The van der Waals surface area contributed by atoms with Crippen molar-refractivity contribution in [3.05, 3.63) is 53.3 Å². The summed E-state index contributed by atoms with van der Waals surface area (Å²) < 4.78 is 19.0. The molecule has 2 aromatic rings. The molecule has 0 saturated heterocycles. The van der Waals surface area contributed by atoms with Crippen LogP contribution in [-0.2, 0) is 0 Å². The lowest BCUT2D eigenvalue weighted by Crippen LogP contribution is -2.12. The molecule has 2 aromatic carbocycles. The van der Waals surface area contributed by atoms with Gasteiger partial charge in [-0.1, -0.05) is 6.07 Å². The summed E-state index contributed by atoms with van der Waals surface area (Å²) in [4.78, 5) is 10.9. The van der Waals surface area contributed by atoms with Crippen LogP contribution in [0.15, 0.2) is 36.4 Å². The molecule has 0 radical (unpaired) electrons. The molecule has 0 heterocycles. The molecule has 0 aliphatic heterocycles. The maximum Gasteiger partial charge on any atom is 0.251 e. The fraction of sp³-hybridized carbons (Fsp3) is 0. The quantitative estimate of drug-likeness (QED) is 0.835. The lowest BCUT2D eigenvalue weighted by molar-refractivity contribution is 0.0996. The highest BCUT2D eigenvalue weighted by molar-refractivity contribution is 5.93. The number of hydrogen-bond acceptors (Lipinski definition) is 4. The highest BCUT2D eigenvalue weighted by atomic mass is 19.1. The van der Waals surface area contributed by atoms with Crippen LogP contribution in [0.4, 0.5) is 10.1 Å². The van der Waals surface area contributed by atoms with Crippen LogP contribution in [0.2, 0.25) is 0 Å². The van der Waals surface area contributed by atoms with Crippen molar-refractivity contribution in [3.63, 3.8) is 0 Å². The Morgan fingerprint density at radius 3 is 2.65 bits per heavy atom. The molecule has 1 amide bonds. The largest absolute Gasteiger partial charge is 0.455 e. The van der Waals surface area contributed by atoms with Crippen molar-refractivity contribution in [2.45, 2.75) is 0 Å². The molecule has 0 saturated carbocycles. The number of anilines is 1. The van der Waals surface area contributed by atoms with Gasteiger partial charge in [-0.15, -0.1) is 0 Å². The Kier molecular flexibility index (Phi) is 3.53. The first-order valence-electron chi connectivity index (χ1n) is 5.58. The van der Waals surface area contributed by atoms with E-state index in [2.05, 4.69) is 0 Å². The first-order chi connectivity index (χ1) is 9.52. The number of halogens is 1. The zero-order valence-electron chi connectivity index (χ0n) is 10.3. The highest BCUT2D eigenvalue weighted by Gasteiger charge is 2.11. The third-order valence-corrected chi connectivity index (χ3v) is 2.62. The number of nitriles is 1. The monoisotopic (exact) mass is 271 g/mol. The number of amides is 1. The molecule has 0 aromatic heterocycles. The molecule has 4 N–H and O–H groups in total. The van der Waals surface area contributed by atoms with Crippen LogP contribution in [0.3, 0.4) is 0 Å². The highest BCUT2D eigenvalue weighted by Crippen LogP contribution is 2.30. The van der Waals surface area contributed by atoms with Crippen LogP contribution in [0.1, 0.15) is 15.9 Å². The minimum absolute atomic E-state index is 0.147. The number of rotatable bonds is 3. The van der Waals surface area contributed by atoms with Crippen molar-refractivity contribution in [2.24, 2.45) is 5.73 Å². The van der Waals surface area contributed by atoms with E-state index in [0.717, 1.165) is 6.07 Å². The van der Waals surface area contributed by atoms with Gasteiger partial charge in [0.15, 0.2) is 5.75 Å². The van der Waals surface area contributed by atoms with E-state index in [1.807, 2.05) is 6.07 Å². The van der Waals surface area contributed by atoms with Gasteiger partial charge in [-0.2, -0.15) is 5.26 Å². The molecule has 100 valence electrons. The smallest absolute Gasteiger partial charge is 0.251 e. The van der Waals surface area contributed by atoms with Gasteiger partial charge in [0.25, 0.3) is 5.91 Å². The first kappa shape index (κ1) is 13.4. The van der Waals surface area contributed by atoms with Crippen molar-refractivity contribution in [1.82, 2.24) is 0 Å². The van der Waals surface area contributed by atoms with Crippen LogP contribution in [0, 0.1) is 17.1 Å². The number of carbonyl (C=O) groups excluding carboxylic acids is 1. The molecule has 0 atom stereocenters. The van der Waals surface area contributed by atoms with E-state index in [0.29, 0.717) is 0 Å². The molecule has 0 unspecified atom stereocenters. The van der Waals surface area contributed by atoms with Gasteiger partial charge in [0.05, 0.1) is 16.8 Å². The Bertz CT molecular complexity index is 723. The lowest BCUT2D eigenvalue weighted by Gasteiger charge is -2.10. The molecular formula is C14H10FN3O2. The van der Waals surface area contributed by atoms with Crippen LogP contribution in [0.5, 0.6) is 11.5 Å². The predicted octanol–water partition coefficient (Wildman–Crippen LogP) is 2.17. The van der Waals surface area contributed by atoms with Gasteiger partial charge in [-0.25, -0.2) is 4.39 Å². The third-order valence-electron chi connectivity index (χ3n) is 2.62. The molecule has 5 nitrogen and oxygen atoms in total. The Morgan fingerprint density at radius 2 is 2.05 bits per heavy atom. The van der Waals surface area contributed by atoms with Crippen molar-refractivity contribution < 1.29 is 13.9 Å². The van der Waals surface area contributed by atoms with E-state index in [1.54, 1.807) is 18.2 Å². The third kappa shape index (κ3) is 2.52. The second kappa shape index (κ2) is 5.28. The van der Waals surface area contributed by atoms with Gasteiger partial charge in [-0.05, 0) is 24.3 Å². The van der Waals surface area contributed by atoms with Gasteiger partial charge in [0.1, 0.15) is 17.6 Å². The molecule has 0 spiro atoms. The van der Waals surface area contributed by atoms with Crippen LogP contribution in [0.25, 0.3) is 0 Å². The van der Waals surface area contributed by atoms with Crippen molar-refractivity contribution >= 4 is 11.6 Å². The zero-order chi connectivity index (χ0) is 14.7. The van der Waals surface area contributed by atoms with Crippen molar-refractivity contribution in [1.29, 1.82) is 5.26 Å². The summed E-state index contributed by atoms with van der Waals surface area (Å²) in [5.74, 6) is -1.27. The second-order valence-corrected chi connectivity index (χ2v) is 3.94. The standard InChI is InChI=1S/C14H10FN3O2/c15-11-6-9(4-5-10(11)14(18)19)20-12-3-1-2-8(7-16)13(12)17/h1-6H,17H2,(H2,18,19). The van der Waals surface area contributed by atoms with Gasteiger partial charge >= 0.3 is 0 Å². The summed E-state index contributed by atoms with van der Waals surface area (Å²) in [6.07, 6.45) is 0. The molecule has 0 aliphatic rings. The van der Waals surface area contributed by atoms with Gasteiger partial charge in [0.2, 0.25) is 0 Å². The number of nitrogens with zero attached hydrogens (tertiary/aromatic N) is 1. The molecule has 20 heavy (non-hydrogen) atoms. The number of hydrogen-bond donors (Lipinski definition) is 2. The minimum Gasteiger partial charge on any atom is -0.455 e. The van der Waals surface area contributed by atoms with Gasteiger partial charge in [-0.3, -0.25) is 4.79 Å². The van der Waals surface area contributed by atoms with E-state index in [-0.39, 0.29) is 28.3 Å². The molecule has 2 rings (SSSR count). The SMILES string of the molecule is N#Cc1cccc(Oc2ccc(C(N)=O)c(F)c2)c1N. The average molecular weight is 271 g/mol. The van der Waals surface area contributed by atoms with Crippen molar-refractivity contribution in [2.75, 3.05) is 5.73 Å². The van der Waals surface area contributed by atoms with E-state index >= 15 is 0 Å². The molecule has 0 fully saturated rings. The van der Waals surface area contributed by atoms with Gasteiger partial charge in [0, 0.05) is 6.07 Å².